The molecule has 0 aromatic rings. The van der Waals surface area contributed by atoms with Crippen molar-refractivity contribution in [2.45, 2.75) is 139 Å². The second kappa shape index (κ2) is 20.0. The van der Waals surface area contributed by atoms with E-state index >= 15 is 0 Å². The minimum absolute atomic E-state index is 0. The Balaban J connectivity index is 0.00000324. The van der Waals surface area contributed by atoms with E-state index in [0.29, 0.717) is 12.8 Å². The molecule has 28 unspecified atom stereocenters. The molecule has 5 heterocycles. The topological polar surface area (TPSA) is 325 Å². The molecule has 28 atom stereocenters. The SMILES string of the molecule is O=S(=O)([O-])C1C2C3NC4NC(NC5NC(NC6NC(NC(N3)C2C(S(=O)(=O)[O-])C(S(=O)(=O)[O-])C1S(=O)(=O)[O-])C1C(Cl)C(Cl)C(Cl)C(Cl)C61)C1C(Cl)C(Cl)C(Cl)C(Cl)C51)C1CCCCC41.[Cu+2].[Cu+2]. The van der Waals surface area contributed by atoms with E-state index in [9.17, 15) is 51.9 Å². The van der Waals surface area contributed by atoms with Gasteiger partial charge in [-0.1, -0.05) is 12.8 Å². The first kappa shape index (κ1) is 56.4. The number of hydrogen-bond acceptors (Lipinski definition) is 20. The van der Waals surface area contributed by atoms with Gasteiger partial charge in [-0.2, -0.15) is 0 Å². The minimum atomic E-state index is -6.38. The van der Waals surface area contributed by atoms with Crippen molar-refractivity contribution in [1.82, 2.24) is 42.5 Å². The summed E-state index contributed by atoms with van der Waals surface area (Å²) in [5.41, 5.74) is 0. The number of halogens is 8. The molecule has 5 aliphatic heterocycles. The van der Waals surface area contributed by atoms with Crippen molar-refractivity contribution >= 4 is 133 Å². The van der Waals surface area contributed by atoms with Gasteiger partial charge in [0.05, 0.1) is 134 Å². The van der Waals surface area contributed by atoms with Crippen LogP contribution in [-0.4, -0.2) is 165 Å². The Morgan fingerprint density at radius 2 is 0.500 bits per heavy atom. The Labute approximate surface area is 444 Å². The molecular formula is C32H44Cl8Cu2N8O12S4. The normalized spacial score (nSPS) is 53.9. The molecule has 34 heteroatoms. The Morgan fingerprint density at radius 1 is 0.303 bits per heavy atom. The molecule has 386 valence electrons. The van der Waals surface area contributed by atoms with Crippen LogP contribution in [0.2, 0.25) is 0 Å². The van der Waals surface area contributed by atoms with Gasteiger partial charge in [-0.3, -0.25) is 42.5 Å². The molecule has 9 rings (SSSR count). The van der Waals surface area contributed by atoms with E-state index in [-0.39, 0.29) is 46.0 Å². The van der Waals surface area contributed by atoms with Crippen LogP contribution in [0.5, 0.6) is 0 Å². The third-order valence-electron chi connectivity index (χ3n) is 15.6. The van der Waals surface area contributed by atoms with E-state index in [0.717, 1.165) is 12.8 Å². The molecule has 66 heavy (non-hydrogen) atoms. The van der Waals surface area contributed by atoms with Crippen LogP contribution in [0.3, 0.4) is 0 Å². The van der Waals surface area contributed by atoms with E-state index in [1.807, 2.05) is 0 Å². The summed E-state index contributed by atoms with van der Waals surface area (Å²) in [5.74, 6) is -7.31. The maximum atomic E-state index is 13.4. The molecule has 2 radical (unpaired) electrons. The Hall–Kier alpha value is 2.68. The first-order valence-corrected chi connectivity index (χ1v) is 30.0. The Kier molecular flexibility index (Phi) is 17.1. The molecule has 9 fully saturated rings. The quantitative estimate of drug-likeness (QED) is 0.0896. The molecule has 8 bridgehead atoms. The summed E-state index contributed by atoms with van der Waals surface area (Å²) < 4.78 is 159. The van der Waals surface area contributed by atoms with Crippen LogP contribution in [0.25, 0.3) is 0 Å². The zero-order valence-electron chi connectivity index (χ0n) is 33.2. The van der Waals surface area contributed by atoms with Crippen molar-refractivity contribution in [1.29, 1.82) is 0 Å². The van der Waals surface area contributed by atoms with Gasteiger partial charge in [-0.25, -0.2) is 33.7 Å². The largest absolute Gasteiger partial charge is 2.00 e. The number of fused-ring (bicyclic) bond motifs is 20. The molecule has 0 aromatic heterocycles. The van der Waals surface area contributed by atoms with Gasteiger partial charge in [-0.15, -0.1) is 92.8 Å². The van der Waals surface area contributed by atoms with Crippen LogP contribution in [0.1, 0.15) is 25.7 Å². The van der Waals surface area contributed by atoms with E-state index in [2.05, 4.69) is 42.5 Å². The van der Waals surface area contributed by atoms with Gasteiger partial charge in [0.1, 0.15) is 20.2 Å². The van der Waals surface area contributed by atoms with Crippen LogP contribution in [0.15, 0.2) is 0 Å². The maximum absolute atomic E-state index is 13.4. The van der Waals surface area contributed by atoms with Crippen molar-refractivity contribution in [2.75, 3.05) is 0 Å². The first-order chi connectivity index (χ1) is 29.6. The van der Waals surface area contributed by atoms with Crippen molar-refractivity contribution in [3.05, 3.63) is 0 Å². The van der Waals surface area contributed by atoms with Crippen LogP contribution in [0.4, 0.5) is 0 Å². The molecule has 8 N–H and O–H groups in total. The molecular weight excluding hydrogens is 1230 g/mol. The fourth-order valence-corrected chi connectivity index (χ4v) is 23.8. The summed E-state index contributed by atoms with van der Waals surface area (Å²) in [4.78, 5) is 0. The zero-order chi connectivity index (χ0) is 46.7. The molecule has 5 saturated heterocycles. The molecule has 0 aromatic carbocycles. The van der Waals surface area contributed by atoms with Gasteiger partial charge in [0.2, 0.25) is 0 Å². The number of rotatable bonds is 4. The van der Waals surface area contributed by atoms with Gasteiger partial charge >= 0.3 is 34.1 Å². The van der Waals surface area contributed by atoms with Crippen molar-refractivity contribution < 1.29 is 86.0 Å². The summed E-state index contributed by atoms with van der Waals surface area (Å²) in [7, 11) is -25.0. The van der Waals surface area contributed by atoms with Crippen LogP contribution in [-0.2, 0) is 74.6 Å². The summed E-state index contributed by atoms with van der Waals surface area (Å²) in [6.07, 6.45) is -5.24. The monoisotopic (exact) mass is 1270 g/mol. The van der Waals surface area contributed by atoms with Crippen molar-refractivity contribution in [2.24, 2.45) is 47.3 Å². The molecule has 20 nitrogen and oxygen atoms in total. The number of hydrogen-bond donors (Lipinski definition) is 8. The summed E-state index contributed by atoms with van der Waals surface area (Å²) in [6.45, 7) is 0. The van der Waals surface area contributed by atoms with Gasteiger partial charge in [0.25, 0.3) is 0 Å². The number of alkyl halides is 8. The van der Waals surface area contributed by atoms with E-state index in [4.69, 9.17) is 92.8 Å². The van der Waals surface area contributed by atoms with Gasteiger partial charge < -0.3 is 18.2 Å². The van der Waals surface area contributed by atoms with Gasteiger partial charge in [0, 0.05) is 35.5 Å². The van der Waals surface area contributed by atoms with E-state index < -0.39 is 189 Å². The van der Waals surface area contributed by atoms with E-state index in [1.54, 1.807) is 0 Å². The standard InChI is InChI=1S/C32H48Cl8N8O12S4.2Cu/c33-13-7-8(14(34)18(38)17(13)37)28-44-27(7)42-25-5-3-1-2-4-6(5)26(41-25)43-31-11-12(22(62(52,53)54)24(64(58,59)60)23(63(55,56)57)21(11)61(49,50)51)32(48-31)47-30-10-9(29(45-28)46-30)15(35)19(39)20(40)16(10)36;;/h5-32,41-48H,1-4H2,(H,49,50,51)(H,52,53,54)(H,55,56,57)(H,58,59,60);;/q;2*+2/p-4. The first-order valence-electron chi connectivity index (χ1n) is 20.6. The third-order valence-corrected chi connectivity index (χ3v) is 26.4. The molecule has 4 aliphatic carbocycles. The average Bonchev–Trinajstić information content (AvgIpc) is 3.93. The predicted octanol–water partition coefficient (Wildman–Crippen LogP) is -1.57. The average molecular weight is 1270 g/mol. The smallest absolute Gasteiger partial charge is 0.748 e. The number of nitrogens with one attached hydrogen (secondary N) is 8. The second-order valence-electron chi connectivity index (χ2n) is 18.6. The summed E-state index contributed by atoms with van der Waals surface area (Å²) in [5, 5.41) is 6.99. The molecule has 0 spiro atoms. The van der Waals surface area contributed by atoms with Crippen LogP contribution < -0.4 is 42.5 Å². The van der Waals surface area contributed by atoms with Crippen molar-refractivity contribution in [3.63, 3.8) is 0 Å². The summed E-state index contributed by atoms with van der Waals surface area (Å²) in [6, 6.07) is 0. The Bertz CT molecular complexity index is 2310. The van der Waals surface area contributed by atoms with Gasteiger partial charge in [-0.05, 0) is 24.7 Å². The van der Waals surface area contributed by atoms with Crippen molar-refractivity contribution in [3.8, 4) is 0 Å². The minimum Gasteiger partial charge on any atom is -0.748 e. The molecule has 0 amide bonds. The van der Waals surface area contributed by atoms with Gasteiger partial charge in [0.15, 0.2) is 0 Å². The Morgan fingerprint density at radius 3 is 0.727 bits per heavy atom. The maximum Gasteiger partial charge on any atom is 2.00 e. The second-order valence-corrected chi connectivity index (χ2v) is 28.8. The van der Waals surface area contributed by atoms with Crippen LogP contribution >= 0.6 is 92.8 Å². The van der Waals surface area contributed by atoms with E-state index in [1.165, 1.54) is 0 Å². The molecule has 4 saturated carbocycles. The zero-order valence-corrected chi connectivity index (χ0v) is 44.3. The molecule has 9 aliphatic rings. The predicted molar refractivity (Wildman–Crippen MR) is 233 cm³/mol. The third kappa shape index (κ3) is 9.54. The fourth-order valence-electron chi connectivity index (χ4n) is 13.2. The fraction of sp³-hybridized carbons (Fsp3) is 1.00. The summed E-state index contributed by atoms with van der Waals surface area (Å²) >= 11 is 55.7. The van der Waals surface area contributed by atoms with Crippen LogP contribution in [0, 0.1) is 47.3 Å².